The zero-order chi connectivity index (χ0) is 47.3. The molecule has 3 N–H and O–H groups in total. The summed E-state index contributed by atoms with van der Waals surface area (Å²) in [6.07, 6.45) is 11.6. The van der Waals surface area contributed by atoms with Gasteiger partial charge in [0, 0.05) is 58.5 Å². The number of carbonyl (C=O) groups excluding carboxylic acids is 5. The lowest BCUT2D eigenvalue weighted by molar-refractivity contribution is -0.265. The molecule has 14 nitrogen and oxygen atoms in total. The number of fused-ring (bicyclic) bond motifs is 3. The van der Waals surface area contributed by atoms with Crippen molar-refractivity contribution < 1.29 is 63.0 Å². The van der Waals surface area contributed by atoms with Gasteiger partial charge in [0.25, 0.3) is 11.7 Å². The molecule has 14 atom stereocenters. The van der Waals surface area contributed by atoms with Gasteiger partial charge in [0.05, 0.1) is 24.4 Å². The lowest BCUT2D eigenvalue weighted by Crippen LogP contribution is -2.60. The highest BCUT2D eigenvalue weighted by Crippen LogP contribution is 2.37. The molecule has 4 rings (SSSR count). The number of aliphatic hydroxyl groups is 3. The Hall–Kier alpha value is -3.37. The summed E-state index contributed by atoms with van der Waals surface area (Å²) in [5, 5.41) is 33.7. The van der Waals surface area contributed by atoms with Gasteiger partial charge in [-0.05, 0) is 107 Å². The van der Waals surface area contributed by atoms with Crippen molar-refractivity contribution in [3.63, 3.8) is 0 Å². The minimum atomic E-state index is -2.42. The molecule has 1 amide bonds. The van der Waals surface area contributed by atoms with E-state index in [1.54, 1.807) is 41.1 Å². The van der Waals surface area contributed by atoms with E-state index >= 15 is 0 Å². The van der Waals surface area contributed by atoms with E-state index in [2.05, 4.69) is 0 Å². The second kappa shape index (κ2) is 25.0. The third-order valence-electron chi connectivity index (χ3n) is 14.1. The van der Waals surface area contributed by atoms with Gasteiger partial charge in [0.2, 0.25) is 5.79 Å². The molecule has 64 heavy (non-hydrogen) atoms. The molecule has 14 heteroatoms. The number of esters is 1. The smallest absolute Gasteiger partial charge is 0.329 e. The number of amides is 1. The zero-order valence-corrected chi connectivity index (χ0v) is 39.7. The van der Waals surface area contributed by atoms with Gasteiger partial charge in [-0.15, -0.1) is 0 Å². The molecule has 0 radical (unpaired) electrons. The molecule has 0 aromatic rings. The molecule has 2 saturated heterocycles. The van der Waals surface area contributed by atoms with Gasteiger partial charge in [0.15, 0.2) is 5.78 Å². The minimum Gasteiger partial charge on any atom is -0.460 e. The minimum absolute atomic E-state index is 0.0217. The van der Waals surface area contributed by atoms with Crippen molar-refractivity contribution in [3.05, 3.63) is 47.6 Å². The first kappa shape index (κ1) is 53.2. The van der Waals surface area contributed by atoms with Crippen LogP contribution in [0.15, 0.2) is 47.6 Å². The first-order valence-electron chi connectivity index (χ1n) is 23.5. The Kier molecular flexibility index (Phi) is 20.8. The van der Waals surface area contributed by atoms with Crippen LogP contribution in [0, 0.1) is 29.6 Å². The Labute approximate surface area is 380 Å². The third kappa shape index (κ3) is 14.1. The monoisotopic (exact) mass is 900 g/mol. The Balaban J connectivity index is 1.67. The number of rotatable bonds is 6. The highest BCUT2D eigenvalue weighted by atomic mass is 16.6. The molecule has 360 valence electrons. The maximum absolute atomic E-state index is 14.2. The Morgan fingerprint density at radius 2 is 1.55 bits per heavy atom. The van der Waals surface area contributed by atoms with Crippen LogP contribution >= 0.6 is 0 Å². The summed E-state index contributed by atoms with van der Waals surface area (Å²) in [5.41, 5.74) is 1.27. The molecule has 0 aromatic heterocycles. The average molecular weight is 900 g/mol. The summed E-state index contributed by atoms with van der Waals surface area (Å²) >= 11 is 0. The quantitative estimate of drug-likeness (QED) is 0.161. The average Bonchev–Trinajstić information content (AvgIpc) is 3.27. The van der Waals surface area contributed by atoms with E-state index in [-0.39, 0.29) is 48.9 Å². The number of aliphatic hydroxyl groups excluding tert-OH is 2. The number of piperidine rings is 1. The van der Waals surface area contributed by atoms with Gasteiger partial charge in [-0.2, -0.15) is 0 Å². The summed E-state index contributed by atoms with van der Waals surface area (Å²) in [6.45, 7) is 10.8. The second-order valence-electron chi connectivity index (χ2n) is 19.0. The van der Waals surface area contributed by atoms with E-state index in [0.29, 0.717) is 69.8 Å². The largest absolute Gasteiger partial charge is 0.460 e. The topological polar surface area (TPSA) is 195 Å². The van der Waals surface area contributed by atoms with E-state index in [9.17, 15) is 39.3 Å². The van der Waals surface area contributed by atoms with Crippen molar-refractivity contribution in [2.75, 3.05) is 27.9 Å². The zero-order valence-electron chi connectivity index (χ0n) is 39.7. The molecule has 1 saturated carbocycles. The van der Waals surface area contributed by atoms with E-state index in [1.165, 1.54) is 12.0 Å². The Morgan fingerprint density at radius 3 is 2.23 bits per heavy atom. The van der Waals surface area contributed by atoms with Crippen LogP contribution in [0.25, 0.3) is 0 Å². The molecule has 1 aliphatic carbocycles. The molecule has 4 aliphatic rings. The molecular weight excluding hydrogens is 823 g/mol. The van der Waals surface area contributed by atoms with Crippen LogP contribution < -0.4 is 0 Å². The van der Waals surface area contributed by atoms with Crippen molar-refractivity contribution in [2.45, 2.75) is 180 Å². The van der Waals surface area contributed by atoms with Crippen LogP contribution in [0.5, 0.6) is 0 Å². The first-order chi connectivity index (χ1) is 30.3. The molecule has 0 spiro atoms. The molecule has 2 bridgehead atoms. The van der Waals surface area contributed by atoms with Gasteiger partial charge in [-0.25, -0.2) is 4.79 Å². The molecule has 3 aliphatic heterocycles. The van der Waals surface area contributed by atoms with Crippen molar-refractivity contribution in [2.24, 2.45) is 29.6 Å². The highest BCUT2D eigenvalue weighted by molar-refractivity contribution is 6.39. The highest BCUT2D eigenvalue weighted by Gasteiger charge is 2.53. The van der Waals surface area contributed by atoms with Gasteiger partial charge in [0.1, 0.15) is 30.1 Å². The van der Waals surface area contributed by atoms with E-state index < -0.39 is 83.9 Å². The van der Waals surface area contributed by atoms with Crippen LogP contribution in [0.3, 0.4) is 0 Å². The van der Waals surface area contributed by atoms with Crippen LogP contribution in [-0.2, 0) is 47.7 Å². The molecule has 0 unspecified atom stereocenters. The third-order valence-corrected chi connectivity index (χ3v) is 14.1. The lowest BCUT2D eigenvalue weighted by Gasteiger charge is -2.42. The maximum atomic E-state index is 14.2. The lowest BCUT2D eigenvalue weighted by atomic mass is 9.81. The number of cyclic esters (lactones) is 1. The van der Waals surface area contributed by atoms with Gasteiger partial charge < -0.3 is 43.9 Å². The van der Waals surface area contributed by atoms with Crippen molar-refractivity contribution in [3.8, 4) is 0 Å². The van der Waals surface area contributed by atoms with E-state index in [4.69, 9.17) is 23.7 Å². The fourth-order valence-corrected chi connectivity index (χ4v) is 9.79. The number of hydrogen-bond acceptors (Lipinski definition) is 13. The second-order valence-corrected chi connectivity index (χ2v) is 19.0. The van der Waals surface area contributed by atoms with Gasteiger partial charge in [-0.1, -0.05) is 64.2 Å². The predicted octanol–water partition coefficient (Wildman–Crippen LogP) is 5.93. The summed E-state index contributed by atoms with van der Waals surface area (Å²) in [5.74, 6) is -7.56. The molecular formula is C50H77NO13. The van der Waals surface area contributed by atoms with E-state index in [0.717, 1.165) is 12.0 Å². The number of allylic oxidation sites excluding steroid dienone is 6. The number of ether oxygens (including phenoxy) is 5. The summed E-state index contributed by atoms with van der Waals surface area (Å²) in [4.78, 5) is 71.3. The molecule has 3 heterocycles. The van der Waals surface area contributed by atoms with E-state index in [1.807, 2.05) is 51.2 Å². The fourth-order valence-electron chi connectivity index (χ4n) is 9.79. The van der Waals surface area contributed by atoms with Crippen LogP contribution in [0.2, 0.25) is 0 Å². The molecule has 0 aromatic carbocycles. The number of ketones is 3. The molecule has 3 fully saturated rings. The number of nitrogens with zero attached hydrogens (tertiary/aromatic N) is 1. The van der Waals surface area contributed by atoms with Gasteiger partial charge >= 0.3 is 5.97 Å². The predicted molar refractivity (Wildman–Crippen MR) is 241 cm³/mol. The van der Waals surface area contributed by atoms with Crippen molar-refractivity contribution in [1.82, 2.24) is 4.90 Å². The number of Topliss-reactive ketones (excluding diaryl/α,β-unsaturated/α-hetero) is 3. The number of hydrogen-bond donors (Lipinski definition) is 3. The summed E-state index contributed by atoms with van der Waals surface area (Å²) < 4.78 is 29.2. The van der Waals surface area contributed by atoms with Crippen LogP contribution in [-0.4, -0.2) is 132 Å². The van der Waals surface area contributed by atoms with Crippen LogP contribution in [0.1, 0.15) is 125 Å². The SMILES string of the molecule is CO[C@H]1C[C@@H]2CC[C@@H](C)[C@@](O)(O2)C(=O)C(=O)N2CCCC[C@H]2C(=O)O[C@H](CC[C@@H]2CC[C@@H](O)[C@H](OC)C2)CC(=O)[C@H](C)/C=C(\C)[C@@H](O)[C@@H](OC)C(=O)[C@H](C)C[C@H](C)/C=C/C=CC=C1C. The Morgan fingerprint density at radius 1 is 0.812 bits per heavy atom. The standard InChI is InChI=1S/C50H77NO13/c1-30-15-11-10-12-16-31(2)42(60-7)29-38-21-18-35(6)50(59,64-38)47(56)48(57)51-24-14-13-17-39(51)49(58)63-37(22-19-36-20-23-40(52)43(27-36)61-8)28-41(53)32(3)26-34(5)45(55)46(62-9)44(54)33(4)25-30/h10-12,15-16,26,30,32-33,35-40,42-43,45-46,52,55,59H,13-14,17-25,27-29H2,1-9H3/b12-10?,15-11+,31-16?,34-26+/t30-,32-,33-,35-,36-,37-,38+,39+,40-,42+,43-,45-,46+,50-/m1/s1. The fraction of sp³-hybridized carbons (Fsp3) is 0.740. The van der Waals surface area contributed by atoms with Gasteiger partial charge in [-0.3, -0.25) is 19.2 Å². The maximum Gasteiger partial charge on any atom is 0.329 e. The number of carbonyl (C=O) groups is 5. The van der Waals surface area contributed by atoms with Crippen molar-refractivity contribution in [1.29, 1.82) is 0 Å². The first-order valence-corrected chi connectivity index (χ1v) is 23.5. The van der Waals surface area contributed by atoms with Crippen LogP contribution in [0.4, 0.5) is 0 Å². The summed E-state index contributed by atoms with van der Waals surface area (Å²) in [6, 6.07) is -1.13. The number of methoxy groups -OCH3 is 3. The normalized spacial score (nSPS) is 39.0. The van der Waals surface area contributed by atoms with Crippen molar-refractivity contribution >= 4 is 29.2 Å². The summed E-state index contributed by atoms with van der Waals surface area (Å²) in [7, 11) is 4.51. The Bertz CT molecular complexity index is 1720.